The van der Waals surface area contributed by atoms with E-state index < -0.39 is 95.1 Å². The fourth-order valence-electron chi connectivity index (χ4n) is 11.0. The Balaban J connectivity index is 1.39. The third kappa shape index (κ3) is 9.61. The molecule has 1 amide bonds. The number of aliphatic carboxylic acids is 1. The van der Waals surface area contributed by atoms with Crippen LogP contribution in [0.1, 0.15) is 147 Å². The van der Waals surface area contributed by atoms with Crippen LogP contribution in [0, 0.1) is 41.4 Å². The van der Waals surface area contributed by atoms with Gasteiger partial charge in [-0.25, -0.2) is 4.79 Å². The van der Waals surface area contributed by atoms with Crippen LogP contribution in [-0.2, 0) is 38.0 Å². The number of aliphatic hydroxyl groups is 2. The Kier molecular flexibility index (Phi) is 15.2. The third-order valence-corrected chi connectivity index (χ3v) is 15.1. The van der Waals surface area contributed by atoms with Gasteiger partial charge in [0.1, 0.15) is 11.8 Å². The zero-order chi connectivity index (χ0) is 43.8. The molecule has 0 radical (unpaired) electrons. The van der Waals surface area contributed by atoms with Gasteiger partial charge in [0.05, 0.1) is 59.8 Å². The SMILES string of the molecule is CC[C@@H](C(=O)[C@@H](C)[C@@H](O)[C@H](C)[C@@H]1O[C@@H]([C@@H](CC)C(=O)O)CC[C@@H]1C)[C@H]1O[C@]2(C=CC(NC(=O)OC(C)C)[C@]3(CC[C@@](C)([C@H]4CC[C@](O)(CC)[C@H](C)O4)O3)O2)[C@H](C)C[C@@H]1C. The Morgan fingerprint density at radius 2 is 1.56 bits per heavy atom. The van der Waals surface area contributed by atoms with E-state index in [9.17, 15) is 29.7 Å². The van der Waals surface area contributed by atoms with Crippen LogP contribution in [0.5, 0.6) is 0 Å². The van der Waals surface area contributed by atoms with Gasteiger partial charge in [-0.1, -0.05) is 61.5 Å². The van der Waals surface area contributed by atoms with E-state index in [0.717, 1.165) is 6.42 Å². The second-order valence-corrected chi connectivity index (χ2v) is 19.5. The molecule has 2 spiro atoms. The van der Waals surface area contributed by atoms with Gasteiger partial charge in [-0.15, -0.1) is 0 Å². The number of rotatable bonds is 14. The first-order chi connectivity index (χ1) is 27.6. The number of aliphatic hydroxyl groups excluding tert-OH is 1. The average Bonchev–Trinajstić information content (AvgIpc) is 3.52. The van der Waals surface area contributed by atoms with Crippen molar-refractivity contribution in [1.29, 1.82) is 0 Å². The number of carbonyl (C=O) groups excluding carboxylic acids is 2. The lowest BCUT2D eigenvalue weighted by molar-refractivity contribution is -0.398. The van der Waals surface area contributed by atoms with Gasteiger partial charge in [0.25, 0.3) is 0 Å². The van der Waals surface area contributed by atoms with Gasteiger partial charge >= 0.3 is 12.1 Å². The molecule has 5 rings (SSSR count). The first kappa shape index (κ1) is 47.9. The highest BCUT2D eigenvalue weighted by Gasteiger charge is 2.63. The standard InChI is InChI=1S/C46H77NO12/c1-13-32(41(50)51)34-17-16-26(6)39(56-34)30(10)37(48)29(9)38(49)33(14-2)40-27(7)24-28(8)45(57-40)21-18-35(47-42(52)54-25(4)5)46(59-45)23-22-43(12,58-46)36-19-20-44(53,15-3)31(11)55-36/h18,21,25-37,39-40,48,53H,13-17,19-20,22-24H2,1-12H3,(H,47,52)(H,50,51)/t26-,27-,28+,29-,30-,31-,32+,33-,34+,35?,36+,37+,39+,40-,43-,44+,45-,46-/m0/s1. The molecule has 59 heavy (non-hydrogen) atoms. The van der Waals surface area contributed by atoms with Gasteiger partial charge < -0.3 is 49.1 Å². The predicted molar refractivity (Wildman–Crippen MR) is 221 cm³/mol. The Morgan fingerprint density at radius 3 is 2.15 bits per heavy atom. The van der Waals surface area contributed by atoms with E-state index in [1.54, 1.807) is 20.8 Å². The average molecular weight is 836 g/mol. The zero-order valence-corrected chi connectivity index (χ0v) is 37.9. The maximum absolute atomic E-state index is 14.6. The summed E-state index contributed by atoms with van der Waals surface area (Å²) in [6, 6.07) is -0.726. The highest BCUT2D eigenvalue weighted by Crippen LogP contribution is 2.54. The minimum Gasteiger partial charge on any atom is -0.481 e. The van der Waals surface area contributed by atoms with Crippen LogP contribution in [0.2, 0.25) is 0 Å². The molecule has 0 saturated carbocycles. The summed E-state index contributed by atoms with van der Waals surface area (Å²) in [6.07, 6.45) is 5.44. The van der Waals surface area contributed by atoms with Crippen molar-refractivity contribution < 1.29 is 58.1 Å². The molecule has 0 aromatic heterocycles. The van der Waals surface area contributed by atoms with Crippen LogP contribution >= 0.6 is 0 Å². The lowest BCUT2D eigenvalue weighted by Gasteiger charge is -2.55. The van der Waals surface area contributed by atoms with Crippen LogP contribution < -0.4 is 5.32 Å². The summed E-state index contributed by atoms with van der Waals surface area (Å²) in [5.41, 5.74) is -1.72. The molecule has 0 bridgehead atoms. The van der Waals surface area contributed by atoms with E-state index in [4.69, 9.17) is 28.4 Å². The number of alkyl carbamates (subject to hydrolysis) is 1. The zero-order valence-electron chi connectivity index (χ0n) is 37.9. The summed E-state index contributed by atoms with van der Waals surface area (Å²) < 4.78 is 39.8. The molecule has 4 saturated heterocycles. The molecule has 0 aliphatic carbocycles. The van der Waals surface area contributed by atoms with Crippen molar-refractivity contribution in [2.24, 2.45) is 41.4 Å². The molecule has 5 heterocycles. The molecular weight excluding hydrogens is 759 g/mol. The second kappa shape index (κ2) is 18.7. The van der Waals surface area contributed by atoms with Crippen molar-refractivity contribution in [3.63, 3.8) is 0 Å². The lowest BCUT2D eigenvalue weighted by Crippen LogP contribution is -2.65. The summed E-state index contributed by atoms with van der Waals surface area (Å²) in [5, 5.41) is 35.8. The molecule has 0 aromatic rings. The van der Waals surface area contributed by atoms with Crippen molar-refractivity contribution in [3.8, 4) is 0 Å². The van der Waals surface area contributed by atoms with Crippen LogP contribution in [0.3, 0.4) is 0 Å². The topological polar surface area (TPSA) is 179 Å². The van der Waals surface area contributed by atoms with E-state index >= 15 is 0 Å². The largest absolute Gasteiger partial charge is 0.481 e. The van der Waals surface area contributed by atoms with Gasteiger partial charge in [-0.3, -0.25) is 9.59 Å². The van der Waals surface area contributed by atoms with Gasteiger partial charge in [-0.2, -0.15) is 0 Å². The maximum Gasteiger partial charge on any atom is 0.408 e. The number of Topliss-reactive ketones (excluding diaryl/α,β-unsaturated/α-hetero) is 1. The third-order valence-electron chi connectivity index (χ3n) is 15.1. The number of carboxylic acid groups (broad SMARTS) is 1. The summed E-state index contributed by atoms with van der Waals surface area (Å²) in [5.74, 6) is -6.06. The summed E-state index contributed by atoms with van der Waals surface area (Å²) in [6.45, 7) is 23.2. The van der Waals surface area contributed by atoms with E-state index in [2.05, 4.69) is 26.1 Å². The summed E-state index contributed by atoms with van der Waals surface area (Å²) >= 11 is 0. The number of nitrogens with one attached hydrogen (secondary N) is 1. The van der Waals surface area contributed by atoms with Gasteiger partial charge in [0, 0.05) is 30.1 Å². The van der Waals surface area contributed by atoms with Gasteiger partial charge in [-0.05, 0) is 103 Å². The fourth-order valence-corrected chi connectivity index (χ4v) is 11.0. The highest BCUT2D eigenvalue weighted by molar-refractivity contribution is 5.84. The molecule has 5 aliphatic rings. The number of ketones is 1. The van der Waals surface area contributed by atoms with E-state index in [-0.39, 0.29) is 35.7 Å². The van der Waals surface area contributed by atoms with Gasteiger partial charge in [0.15, 0.2) is 11.6 Å². The molecule has 338 valence electrons. The van der Waals surface area contributed by atoms with E-state index in [0.29, 0.717) is 57.8 Å². The predicted octanol–water partition coefficient (Wildman–Crippen LogP) is 7.33. The summed E-state index contributed by atoms with van der Waals surface area (Å²) in [4.78, 5) is 39.7. The smallest absolute Gasteiger partial charge is 0.408 e. The first-order valence-corrected chi connectivity index (χ1v) is 22.8. The minimum absolute atomic E-state index is 0.0234. The maximum atomic E-state index is 14.6. The molecule has 4 fully saturated rings. The molecule has 18 atom stereocenters. The fraction of sp³-hybridized carbons (Fsp3) is 0.891. The van der Waals surface area contributed by atoms with Crippen molar-refractivity contribution in [1.82, 2.24) is 5.32 Å². The number of carbonyl (C=O) groups is 3. The number of hydrogen-bond acceptors (Lipinski definition) is 11. The van der Waals surface area contributed by atoms with Crippen LogP contribution in [0.4, 0.5) is 4.79 Å². The van der Waals surface area contributed by atoms with Crippen LogP contribution in [0.15, 0.2) is 12.2 Å². The molecule has 0 aromatic carbocycles. The Hall–Kier alpha value is -2.13. The molecule has 1 unspecified atom stereocenters. The first-order valence-electron chi connectivity index (χ1n) is 22.8. The van der Waals surface area contributed by atoms with Gasteiger partial charge in [0.2, 0.25) is 0 Å². The molecule has 13 heteroatoms. The Bertz CT molecular complexity index is 1510. The van der Waals surface area contributed by atoms with E-state index in [1.807, 2.05) is 53.7 Å². The number of ether oxygens (including phenoxy) is 6. The van der Waals surface area contributed by atoms with Crippen molar-refractivity contribution >= 4 is 17.8 Å². The van der Waals surface area contributed by atoms with Crippen molar-refractivity contribution in [2.45, 2.75) is 219 Å². The Morgan fingerprint density at radius 1 is 0.881 bits per heavy atom. The summed E-state index contributed by atoms with van der Waals surface area (Å²) in [7, 11) is 0. The Labute approximate surface area is 353 Å². The monoisotopic (exact) mass is 836 g/mol. The van der Waals surface area contributed by atoms with Crippen LogP contribution in [0.25, 0.3) is 0 Å². The van der Waals surface area contributed by atoms with E-state index in [1.165, 1.54) is 0 Å². The van der Waals surface area contributed by atoms with Crippen molar-refractivity contribution in [2.75, 3.05) is 0 Å². The number of hydrogen-bond donors (Lipinski definition) is 4. The lowest BCUT2D eigenvalue weighted by atomic mass is 9.72. The number of carboxylic acids is 1. The normalized spacial score (nSPS) is 42.6. The minimum atomic E-state index is -1.36. The second-order valence-electron chi connectivity index (χ2n) is 19.5. The number of amides is 1. The molecular formula is C46H77NO12. The molecule has 13 nitrogen and oxygen atoms in total. The molecule has 5 aliphatic heterocycles. The quantitative estimate of drug-likeness (QED) is 0.128. The van der Waals surface area contributed by atoms with Crippen molar-refractivity contribution in [3.05, 3.63) is 12.2 Å². The van der Waals surface area contributed by atoms with Crippen LogP contribution in [-0.4, -0.2) is 105 Å². The highest BCUT2D eigenvalue weighted by atomic mass is 16.8. The molecule has 4 N–H and O–H groups in total.